The van der Waals surface area contributed by atoms with Crippen LogP contribution >= 0.6 is 0 Å². The van der Waals surface area contributed by atoms with Crippen LogP contribution in [0.2, 0.25) is 0 Å². The van der Waals surface area contributed by atoms with Gasteiger partial charge in [-0.25, -0.2) is 4.79 Å². The van der Waals surface area contributed by atoms with E-state index in [-0.39, 0.29) is 12.0 Å². The molecule has 2 aliphatic carbocycles. The molecule has 1 atom stereocenters. The fourth-order valence-electron chi connectivity index (χ4n) is 4.82. The molecule has 0 radical (unpaired) electrons. The Balaban J connectivity index is 1.93. The van der Waals surface area contributed by atoms with Crippen LogP contribution in [0.5, 0.6) is 0 Å². The Morgan fingerprint density at radius 2 is 1.50 bits per heavy atom. The molecule has 0 saturated heterocycles. The first-order valence-corrected chi connectivity index (χ1v) is 9.78. The molecule has 0 aliphatic heterocycles. The second-order valence-corrected chi connectivity index (χ2v) is 7.46. The Bertz CT molecular complexity index is 798. The van der Waals surface area contributed by atoms with Gasteiger partial charge in [-0.3, -0.25) is 0 Å². The van der Waals surface area contributed by atoms with Gasteiger partial charge >= 0.3 is 5.97 Å². The lowest BCUT2D eigenvalue weighted by molar-refractivity contribution is -0.136. The highest BCUT2D eigenvalue weighted by Crippen LogP contribution is 2.40. The summed E-state index contributed by atoms with van der Waals surface area (Å²) in [6.45, 7) is 4.16. The zero-order valence-electron chi connectivity index (χ0n) is 15.6. The zero-order chi connectivity index (χ0) is 18.1. The van der Waals surface area contributed by atoms with Crippen molar-refractivity contribution in [1.82, 2.24) is 4.57 Å². The Kier molecular flexibility index (Phi) is 4.71. The Labute approximate surface area is 155 Å². The van der Waals surface area contributed by atoms with Gasteiger partial charge in [-0.05, 0) is 68.1 Å². The van der Waals surface area contributed by atoms with Gasteiger partial charge in [0.1, 0.15) is 0 Å². The molecule has 3 nitrogen and oxygen atoms in total. The van der Waals surface area contributed by atoms with E-state index in [4.69, 9.17) is 4.74 Å². The molecule has 0 spiro atoms. The van der Waals surface area contributed by atoms with Crippen LogP contribution in [0.15, 0.2) is 42.5 Å². The Morgan fingerprint density at radius 1 is 0.962 bits per heavy atom. The van der Waals surface area contributed by atoms with Crippen molar-refractivity contribution in [2.24, 2.45) is 0 Å². The fourth-order valence-corrected chi connectivity index (χ4v) is 4.82. The van der Waals surface area contributed by atoms with E-state index in [1.807, 2.05) is 18.2 Å². The predicted molar refractivity (Wildman–Crippen MR) is 103 cm³/mol. The quantitative estimate of drug-likeness (QED) is 0.598. The van der Waals surface area contributed by atoms with Crippen LogP contribution in [-0.2, 0) is 35.2 Å². The molecule has 3 heteroatoms. The van der Waals surface area contributed by atoms with E-state index in [2.05, 4.69) is 23.3 Å². The van der Waals surface area contributed by atoms with Crippen LogP contribution in [0.4, 0.5) is 0 Å². The molecule has 2 aromatic rings. The minimum absolute atomic E-state index is 0.169. The molecule has 1 unspecified atom stereocenters. The average molecular weight is 349 g/mol. The summed E-state index contributed by atoms with van der Waals surface area (Å²) in [7, 11) is 1.44. The highest BCUT2D eigenvalue weighted by molar-refractivity contribution is 5.89. The second kappa shape index (κ2) is 7.14. The van der Waals surface area contributed by atoms with Crippen LogP contribution in [0.25, 0.3) is 0 Å². The first-order valence-electron chi connectivity index (χ1n) is 9.78. The maximum absolute atomic E-state index is 12.4. The minimum Gasteiger partial charge on any atom is -0.466 e. The lowest BCUT2D eigenvalue weighted by atomic mass is 9.89. The van der Waals surface area contributed by atoms with E-state index >= 15 is 0 Å². The predicted octanol–water partition coefficient (Wildman–Crippen LogP) is 4.56. The molecule has 1 heterocycles. The molecule has 0 amide bonds. The van der Waals surface area contributed by atoms with Gasteiger partial charge in [-0.15, -0.1) is 0 Å². The molecular weight excluding hydrogens is 322 g/mol. The fraction of sp³-hybridized carbons (Fsp3) is 0.435. The number of nitrogens with zero attached hydrogens (tertiary/aromatic N) is 1. The van der Waals surface area contributed by atoms with Crippen molar-refractivity contribution in [2.45, 2.75) is 57.4 Å². The molecule has 2 aliphatic rings. The summed E-state index contributed by atoms with van der Waals surface area (Å²) < 4.78 is 7.50. The first-order chi connectivity index (χ1) is 12.7. The molecule has 4 rings (SSSR count). The minimum atomic E-state index is -0.318. The van der Waals surface area contributed by atoms with E-state index in [1.165, 1.54) is 57.0 Å². The van der Waals surface area contributed by atoms with Crippen LogP contribution < -0.4 is 0 Å². The summed E-state index contributed by atoms with van der Waals surface area (Å²) in [4.78, 5) is 12.4. The zero-order valence-corrected chi connectivity index (χ0v) is 15.6. The lowest BCUT2D eigenvalue weighted by Gasteiger charge is -2.27. The molecule has 1 aromatic carbocycles. The maximum atomic E-state index is 12.4. The van der Waals surface area contributed by atoms with Crippen molar-refractivity contribution in [2.75, 3.05) is 7.11 Å². The molecular formula is C23H27NO2. The lowest BCUT2D eigenvalue weighted by Crippen LogP contribution is -2.24. The van der Waals surface area contributed by atoms with Gasteiger partial charge in [0.05, 0.1) is 18.7 Å². The number of carbonyl (C=O) groups is 1. The summed E-state index contributed by atoms with van der Waals surface area (Å²) in [6.07, 6.45) is 9.55. The number of carbonyl (C=O) groups excluding carboxylic acids is 1. The van der Waals surface area contributed by atoms with E-state index < -0.39 is 0 Å². The van der Waals surface area contributed by atoms with E-state index in [9.17, 15) is 4.79 Å². The number of esters is 1. The number of rotatable bonds is 4. The van der Waals surface area contributed by atoms with Gasteiger partial charge in [0.15, 0.2) is 0 Å². The number of aromatic nitrogens is 1. The van der Waals surface area contributed by atoms with Crippen LogP contribution in [0, 0.1) is 0 Å². The third-order valence-corrected chi connectivity index (χ3v) is 5.97. The molecule has 136 valence electrons. The SMILES string of the molecule is C=C(C(=O)OC)C(c1ccccc1)n1c2c(c3c1CCCC3)CCCC2. The summed E-state index contributed by atoms with van der Waals surface area (Å²) in [6, 6.07) is 10.1. The monoisotopic (exact) mass is 349 g/mol. The standard InChI is InChI=1S/C23H27NO2/c1-16(23(25)26-2)22(17-10-4-3-5-11-17)24-20-14-8-6-12-18(20)19-13-7-9-15-21(19)24/h3-5,10-11,22H,1,6-9,12-15H2,2H3. The van der Waals surface area contributed by atoms with Gasteiger partial charge < -0.3 is 9.30 Å². The number of hydrogen-bond acceptors (Lipinski definition) is 2. The van der Waals surface area contributed by atoms with Gasteiger partial charge in [0.2, 0.25) is 0 Å². The third kappa shape index (κ3) is 2.80. The average Bonchev–Trinajstić information content (AvgIpc) is 3.03. The van der Waals surface area contributed by atoms with Crippen LogP contribution in [0.1, 0.15) is 59.8 Å². The van der Waals surface area contributed by atoms with Crippen LogP contribution in [0.3, 0.4) is 0 Å². The van der Waals surface area contributed by atoms with E-state index in [0.717, 1.165) is 18.4 Å². The topological polar surface area (TPSA) is 31.2 Å². The smallest absolute Gasteiger partial charge is 0.335 e. The summed E-state index contributed by atoms with van der Waals surface area (Å²) in [5, 5.41) is 0. The molecule has 0 fully saturated rings. The van der Waals surface area contributed by atoms with E-state index in [0.29, 0.717) is 5.57 Å². The van der Waals surface area contributed by atoms with Crippen LogP contribution in [-0.4, -0.2) is 17.6 Å². The van der Waals surface area contributed by atoms with Gasteiger partial charge in [0, 0.05) is 11.4 Å². The van der Waals surface area contributed by atoms with Crippen molar-refractivity contribution >= 4 is 5.97 Å². The van der Waals surface area contributed by atoms with Crippen molar-refractivity contribution < 1.29 is 9.53 Å². The normalized spacial score (nSPS) is 17.1. The Morgan fingerprint density at radius 3 is 2.04 bits per heavy atom. The number of methoxy groups -OCH3 is 1. The van der Waals surface area contributed by atoms with Crippen molar-refractivity contribution in [3.63, 3.8) is 0 Å². The summed E-state index contributed by atoms with van der Waals surface area (Å²) in [5.41, 5.74) is 7.62. The number of hydrogen-bond donors (Lipinski definition) is 0. The van der Waals surface area contributed by atoms with Gasteiger partial charge in [-0.2, -0.15) is 0 Å². The maximum Gasteiger partial charge on any atom is 0.335 e. The summed E-state index contributed by atoms with van der Waals surface area (Å²) in [5.74, 6) is -0.318. The van der Waals surface area contributed by atoms with Gasteiger partial charge in [-0.1, -0.05) is 36.9 Å². The van der Waals surface area contributed by atoms with Crippen molar-refractivity contribution in [3.8, 4) is 0 Å². The van der Waals surface area contributed by atoms with Gasteiger partial charge in [0.25, 0.3) is 0 Å². The highest BCUT2D eigenvalue weighted by Gasteiger charge is 2.33. The highest BCUT2D eigenvalue weighted by atomic mass is 16.5. The van der Waals surface area contributed by atoms with Crippen molar-refractivity contribution in [1.29, 1.82) is 0 Å². The van der Waals surface area contributed by atoms with E-state index in [1.54, 1.807) is 11.1 Å². The number of ether oxygens (including phenoxy) is 1. The molecule has 0 bridgehead atoms. The number of fused-ring (bicyclic) bond motifs is 3. The Hall–Kier alpha value is -2.29. The first kappa shape index (κ1) is 17.1. The molecule has 26 heavy (non-hydrogen) atoms. The number of benzene rings is 1. The molecule has 0 saturated carbocycles. The largest absolute Gasteiger partial charge is 0.466 e. The molecule has 1 aromatic heterocycles. The summed E-state index contributed by atoms with van der Waals surface area (Å²) >= 11 is 0. The third-order valence-electron chi connectivity index (χ3n) is 5.97. The second-order valence-electron chi connectivity index (χ2n) is 7.46. The molecule has 0 N–H and O–H groups in total. The van der Waals surface area contributed by atoms with Crippen molar-refractivity contribution in [3.05, 3.63) is 70.6 Å².